The number of hydrogen-bond acceptors (Lipinski definition) is 6. The van der Waals surface area contributed by atoms with Crippen molar-refractivity contribution in [1.29, 1.82) is 5.26 Å². The van der Waals surface area contributed by atoms with Gasteiger partial charge in [0.05, 0.1) is 5.56 Å². The van der Waals surface area contributed by atoms with E-state index in [4.69, 9.17) is 5.11 Å². The number of aromatic carboxylic acids is 1. The fourth-order valence-corrected chi connectivity index (χ4v) is 3.54. The number of hydrogen-bond donors (Lipinski definition) is 2. The molecule has 0 spiro atoms. The Bertz CT molecular complexity index is 1170. The van der Waals surface area contributed by atoms with Crippen LogP contribution in [0.4, 0.5) is 32.0 Å². The zero-order chi connectivity index (χ0) is 25.0. The van der Waals surface area contributed by atoms with Gasteiger partial charge in [-0.05, 0) is 36.4 Å². The summed E-state index contributed by atoms with van der Waals surface area (Å²) in [6, 6.07) is 6.72. The largest absolute Gasteiger partial charge is 0.483 e. The first-order chi connectivity index (χ1) is 15.1. The fourth-order valence-electron chi connectivity index (χ4n) is 2.33. The van der Waals surface area contributed by atoms with Crippen LogP contribution in [0, 0.1) is 11.3 Å². The van der Waals surface area contributed by atoms with E-state index in [0.29, 0.717) is 12.1 Å². The Labute approximate surface area is 182 Å². The number of alkyl halides is 6. The van der Waals surface area contributed by atoms with Crippen LogP contribution in [0.3, 0.4) is 0 Å². The summed E-state index contributed by atoms with van der Waals surface area (Å²) in [6.07, 6.45) is -9.83. The second-order valence-electron chi connectivity index (χ2n) is 6.17. The van der Waals surface area contributed by atoms with Crippen LogP contribution in [0.5, 0.6) is 11.5 Å². The molecule has 2 N–H and O–H groups in total. The van der Waals surface area contributed by atoms with E-state index in [-0.39, 0.29) is 11.3 Å². The lowest BCUT2D eigenvalue weighted by molar-refractivity contribution is -0.154. The third-order valence-corrected chi connectivity index (χ3v) is 5.05. The molecule has 0 atom stereocenters. The molecule has 8 nitrogen and oxygen atoms in total. The number of carboxylic acid groups (broad SMARTS) is 1. The number of ether oxygens (including phenoxy) is 2. The molecular formula is C18H12F6N2O6S. The number of sulfonamides is 1. The van der Waals surface area contributed by atoms with E-state index in [1.54, 1.807) is 0 Å². The molecule has 0 saturated heterocycles. The number of carboxylic acids is 1. The second kappa shape index (κ2) is 9.45. The van der Waals surface area contributed by atoms with Crippen molar-refractivity contribution in [3.63, 3.8) is 0 Å². The third-order valence-electron chi connectivity index (χ3n) is 3.64. The maximum Gasteiger partial charge on any atom is 0.422 e. The highest BCUT2D eigenvalue weighted by Crippen LogP contribution is 2.37. The molecule has 2 aromatic carbocycles. The second-order valence-corrected chi connectivity index (χ2v) is 7.82. The van der Waals surface area contributed by atoms with Crippen LogP contribution in [0.25, 0.3) is 0 Å². The van der Waals surface area contributed by atoms with Crippen molar-refractivity contribution in [2.45, 2.75) is 17.2 Å². The van der Waals surface area contributed by atoms with E-state index in [1.807, 2.05) is 4.72 Å². The van der Waals surface area contributed by atoms with Gasteiger partial charge in [-0.1, -0.05) is 0 Å². The molecule has 0 bridgehead atoms. The summed E-state index contributed by atoms with van der Waals surface area (Å²) >= 11 is 0. The van der Waals surface area contributed by atoms with Crippen LogP contribution in [0.15, 0.2) is 41.3 Å². The average molecular weight is 498 g/mol. The summed E-state index contributed by atoms with van der Waals surface area (Å²) in [5, 5.41) is 18.1. The molecule has 2 rings (SSSR count). The first-order valence-corrected chi connectivity index (χ1v) is 9.93. The number of nitrogens with zero attached hydrogens (tertiary/aromatic N) is 1. The highest BCUT2D eigenvalue weighted by molar-refractivity contribution is 7.92. The summed E-state index contributed by atoms with van der Waals surface area (Å²) in [5.41, 5.74) is -1.39. The Balaban J connectivity index is 2.52. The van der Waals surface area contributed by atoms with Crippen molar-refractivity contribution >= 4 is 21.7 Å². The van der Waals surface area contributed by atoms with Crippen LogP contribution < -0.4 is 14.2 Å². The summed E-state index contributed by atoms with van der Waals surface area (Å²) in [5.74, 6) is -3.33. The van der Waals surface area contributed by atoms with Crippen molar-refractivity contribution in [1.82, 2.24) is 0 Å². The third kappa shape index (κ3) is 7.17. The van der Waals surface area contributed by atoms with Gasteiger partial charge in [0.25, 0.3) is 10.0 Å². The van der Waals surface area contributed by atoms with Crippen molar-refractivity contribution in [2.75, 3.05) is 17.9 Å². The number of benzene rings is 2. The van der Waals surface area contributed by atoms with E-state index in [1.165, 1.54) is 6.07 Å². The number of halogens is 6. The minimum Gasteiger partial charge on any atom is -0.483 e. The molecule has 0 radical (unpaired) electrons. The molecule has 0 aliphatic rings. The Morgan fingerprint density at radius 2 is 1.52 bits per heavy atom. The zero-order valence-corrected chi connectivity index (χ0v) is 16.8. The molecule has 0 heterocycles. The van der Waals surface area contributed by atoms with Gasteiger partial charge in [-0.25, -0.2) is 13.2 Å². The van der Waals surface area contributed by atoms with Gasteiger partial charge >= 0.3 is 18.3 Å². The quantitative estimate of drug-likeness (QED) is 0.528. The summed E-state index contributed by atoms with van der Waals surface area (Å²) < 4.78 is 112. The smallest absolute Gasteiger partial charge is 0.422 e. The molecule has 2 aromatic rings. The van der Waals surface area contributed by atoms with Gasteiger partial charge in [0, 0.05) is 5.69 Å². The van der Waals surface area contributed by atoms with Crippen molar-refractivity contribution in [3.8, 4) is 17.6 Å². The number of carbonyl (C=O) groups is 1. The highest BCUT2D eigenvalue weighted by atomic mass is 32.2. The zero-order valence-electron chi connectivity index (χ0n) is 16.0. The standard InChI is InChI=1S/C18H12F6N2O6S/c19-17(20,21)8-31-13-5-6-14(15(12(13)7-25)32-9-18(22,23)24)33(29,30)26-11-3-1-10(2-4-11)16(27)28/h1-6,26H,8-9H2,(H,27,28). The molecule has 0 fully saturated rings. The van der Waals surface area contributed by atoms with Gasteiger partial charge in [-0.15, -0.1) is 0 Å². The van der Waals surface area contributed by atoms with E-state index in [0.717, 1.165) is 24.3 Å². The molecule has 0 aliphatic heterocycles. The van der Waals surface area contributed by atoms with Gasteiger partial charge in [0.15, 0.2) is 19.0 Å². The lowest BCUT2D eigenvalue weighted by atomic mass is 10.2. The predicted molar refractivity (Wildman–Crippen MR) is 98.5 cm³/mol. The molecule has 0 amide bonds. The van der Waals surface area contributed by atoms with Crippen LogP contribution in [-0.4, -0.2) is 45.1 Å². The normalized spacial score (nSPS) is 12.0. The number of rotatable bonds is 8. The van der Waals surface area contributed by atoms with E-state index in [9.17, 15) is 44.8 Å². The number of nitriles is 1. The minimum atomic E-state index is -4.98. The van der Waals surface area contributed by atoms with Gasteiger partial charge in [-0.2, -0.15) is 31.6 Å². The van der Waals surface area contributed by atoms with Gasteiger partial charge in [0.2, 0.25) is 0 Å². The number of anilines is 1. The molecule has 0 aliphatic carbocycles. The molecule has 15 heteroatoms. The Kier molecular flexibility index (Phi) is 7.32. The first-order valence-electron chi connectivity index (χ1n) is 8.45. The first kappa shape index (κ1) is 25.6. The summed E-state index contributed by atoms with van der Waals surface area (Å²) in [6.45, 7) is -3.96. The summed E-state index contributed by atoms with van der Waals surface area (Å²) in [4.78, 5) is 9.88. The molecular weight excluding hydrogens is 486 g/mol. The summed E-state index contributed by atoms with van der Waals surface area (Å²) in [7, 11) is -4.76. The lowest BCUT2D eigenvalue weighted by Crippen LogP contribution is -2.23. The van der Waals surface area contributed by atoms with E-state index >= 15 is 0 Å². The van der Waals surface area contributed by atoms with Gasteiger partial charge < -0.3 is 14.6 Å². The number of nitrogens with one attached hydrogen (secondary N) is 1. The van der Waals surface area contributed by atoms with E-state index in [2.05, 4.69) is 9.47 Å². The van der Waals surface area contributed by atoms with Crippen LogP contribution in [0.1, 0.15) is 15.9 Å². The topological polar surface area (TPSA) is 126 Å². The Morgan fingerprint density at radius 1 is 0.970 bits per heavy atom. The van der Waals surface area contributed by atoms with Crippen molar-refractivity contribution in [3.05, 3.63) is 47.5 Å². The van der Waals surface area contributed by atoms with E-state index < -0.39 is 63.5 Å². The maximum atomic E-state index is 12.7. The van der Waals surface area contributed by atoms with Crippen molar-refractivity contribution < 1.29 is 54.1 Å². The SMILES string of the molecule is N#Cc1c(OCC(F)(F)F)ccc(S(=O)(=O)Nc2ccc(C(=O)O)cc2)c1OCC(F)(F)F. The Hall–Kier alpha value is -3.67. The van der Waals surface area contributed by atoms with Crippen LogP contribution in [0.2, 0.25) is 0 Å². The average Bonchev–Trinajstić information content (AvgIpc) is 2.69. The van der Waals surface area contributed by atoms with Crippen LogP contribution >= 0.6 is 0 Å². The lowest BCUT2D eigenvalue weighted by Gasteiger charge is -2.18. The van der Waals surface area contributed by atoms with Gasteiger partial charge in [-0.3, -0.25) is 4.72 Å². The highest BCUT2D eigenvalue weighted by Gasteiger charge is 2.34. The predicted octanol–water partition coefficient (Wildman–Crippen LogP) is 3.94. The minimum absolute atomic E-state index is 0.190. The molecule has 0 aromatic heterocycles. The monoisotopic (exact) mass is 498 g/mol. The van der Waals surface area contributed by atoms with Gasteiger partial charge in [0.1, 0.15) is 22.3 Å². The molecule has 0 saturated carbocycles. The fraction of sp³-hybridized carbons (Fsp3) is 0.222. The maximum absolute atomic E-state index is 12.7. The molecule has 33 heavy (non-hydrogen) atoms. The molecule has 0 unspecified atom stereocenters. The van der Waals surface area contributed by atoms with Crippen LogP contribution in [-0.2, 0) is 10.0 Å². The van der Waals surface area contributed by atoms with Crippen molar-refractivity contribution in [2.24, 2.45) is 0 Å². The Morgan fingerprint density at radius 3 is 2.00 bits per heavy atom. The molecule has 178 valence electrons.